The van der Waals surface area contributed by atoms with Crippen LogP contribution in [0.15, 0.2) is 66.7 Å². The van der Waals surface area contributed by atoms with Crippen LogP contribution in [0.2, 0.25) is 5.02 Å². The SMILES string of the molecule is O=C(Cn1c(CCNC(=O)c2ccc(Cl)cc2)nc2ccccc21)Nc1ccc2c(c1)OCO2. The molecule has 0 radical (unpaired) electrons. The van der Waals surface area contributed by atoms with E-state index in [0.29, 0.717) is 46.6 Å². The van der Waals surface area contributed by atoms with Gasteiger partial charge in [-0.3, -0.25) is 9.59 Å². The van der Waals surface area contributed by atoms with Gasteiger partial charge in [0, 0.05) is 35.3 Å². The second-order valence-electron chi connectivity index (χ2n) is 7.73. The van der Waals surface area contributed by atoms with E-state index in [2.05, 4.69) is 15.6 Å². The van der Waals surface area contributed by atoms with Crippen molar-refractivity contribution in [3.63, 3.8) is 0 Å². The van der Waals surface area contributed by atoms with Crippen molar-refractivity contribution in [2.75, 3.05) is 18.7 Å². The molecule has 1 aliphatic heterocycles. The molecule has 0 atom stereocenters. The van der Waals surface area contributed by atoms with Crippen molar-refractivity contribution in [1.29, 1.82) is 0 Å². The Morgan fingerprint density at radius 3 is 2.65 bits per heavy atom. The molecule has 8 nitrogen and oxygen atoms in total. The number of anilines is 1. The molecule has 2 N–H and O–H groups in total. The molecule has 2 amide bonds. The number of halogens is 1. The van der Waals surface area contributed by atoms with Crippen LogP contribution in [0.25, 0.3) is 11.0 Å². The van der Waals surface area contributed by atoms with Gasteiger partial charge < -0.3 is 24.7 Å². The van der Waals surface area contributed by atoms with E-state index in [1.165, 1.54) is 0 Å². The number of rotatable bonds is 7. The Labute approximate surface area is 200 Å². The molecule has 4 aromatic rings. The number of hydrogen-bond donors (Lipinski definition) is 2. The zero-order valence-electron chi connectivity index (χ0n) is 18.1. The summed E-state index contributed by atoms with van der Waals surface area (Å²) in [5, 5.41) is 6.37. The van der Waals surface area contributed by atoms with Gasteiger partial charge in [-0.1, -0.05) is 23.7 Å². The largest absolute Gasteiger partial charge is 0.454 e. The molecule has 1 aromatic heterocycles. The molecule has 0 aliphatic carbocycles. The van der Waals surface area contributed by atoms with E-state index in [1.807, 2.05) is 28.8 Å². The van der Waals surface area contributed by atoms with Gasteiger partial charge in [0.15, 0.2) is 11.5 Å². The lowest BCUT2D eigenvalue weighted by atomic mass is 10.2. The number of nitrogens with zero attached hydrogens (tertiary/aromatic N) is 2. The summed E-state index contributed by atoms with van der Waals surface area (Å²) in [5.41, 5.74) is 2.79. The molecule has 34 heavy (non-hydrogen) atoms. The molecule has 9 heteroatoms. The molecule has 172 valence electrons. The molecule has 0 unspecified atom stereocenters. The van der Waals surface area contributed by atoms with Crippen LogP contribution in [0.3, 0.4) is 0 Å². The van der Waals surface area contributed by atoms with Crippen molar-refractivity contribution in [2.24, 2.45) is 0 Å². The van der Waals surface area contributed by atoms with Gasteiger partial charge in [-0.15, -0.1) is 0 Å². The molecule has 0 bridgehead atoms. The normalized spacial score (nSPS) is 12.0. The van der Waals surface area contributed by atoms with Crippen molar-refractivity contribution in [1.82, 2.24) is 14.9 Å². The zero-order chi connectivity index (χ0) is 23.5. The quantitative estimate of drug-likeness (QED) is 0.420. The minimum atomic E-state index is -0.200. The summed E-state index contributed by atoms with van der Waals surface area (Å²) < 4.78 is 12.6. The first-order valence-corrected chi connectivity index (χ1v) is 11.1. The Bertz CT molecular complexity index is 1370. The van der Waals surface area contributed by atoms with E-state index in [0.717, 1.165) is 11.0 Å². The average molecular weight is 477 g/mol. The van der Waals surface area contributed by atoms with E-state index in [9.17, 15) is 9.59 Å². The van der Waals surface area contributed by atoms with Crippen LogP contribution in [-0.2, 0) is 17.8 Å². The number of fused-ring (bicyclic) bond motifs is 2. The molecule has 1 aliphatic rings. The maximum absolute atomic E-state index is 12.9. The highest BCUT2D eigenvalue weighted by molar-refractivity contribution is 6.30. The van der Waals surface area contributed by atoms with Gasteiger partial charge in [0.1, 0.15) is 12.4 Å². The van der Waals surface area contributed by atoms with Gasteiger partial charge in [0.05, 0.1) is 11.0 Å². The summed E-state index contributed by atoms with van der Waals surface area (Å²) in [5.74, 6) is 1.57. The minimum Gasteiger partial charge on any atom is -0.454 e. The van der Waals surface area contributed by atoms with Crippen molar-refractivity contribution in [3.05, 3.63) is 83.1 Å². The molecule has 0 saturated carbocycles. The fourth-order valence-electron chi connectivity index (χ4n) is 3.80. The van der Waals surface area contributed by atoms with Crippen LogP contribution >= 0.6 is 11.6 Å². The number of carbonyl (C=O) groups excluding carboxylic acids is 2. The Kier molecular flexibility index (Phi) is 6.05. The van der Waals surface area contributed by atoms with Gasteiger partial charge in [0.2, 0.25) is 12.7 Å². The molecule has 2 heterocycles. The summed E-state index contributed by atoms with van der Waals surface area (Å²) in [4.78, 5) is 29.9. The summed E-state index contributed by atoms with van der Waals surface area (Å²) >= 11 is 5.89. The van der Waals surface area contributed by atoms with Crippen molar-refractivity contribution < 1.29 is 19.1 Å². The van der Waals surface area contributed by atoms with Crippen LogP contribution in [0.1, 0.15) is 16.2 Å². The van der Waals surface area contributed by atoms with Crippen molar-refractivity contribution in [2.45, 2.75) is 13.0 Å². The second kappa shape index (κ2) is 9.44. The number of imidazole rings is 1. The van der Waals surface area contributed by atoms with E-state index < -0.39 is 0 Å². The highest BCUT2D eigenvalue weighted by Gasteiger charge is 2.17. The second-order valence-corrected chi connectivity index (χ2v) is 8.17. The predicted molar refractivity (Wildman–Crippen MR) is 128 cm³/mol. The fraction of sp³-hybridized carbons (Fsp3) is 0.160. The number of ether oxygens (including phenoxy) is 2. The standard InChI is InChI=1S/C25H21ClN4O4/c26-17-7-5-16(6-8-17)25(32)27-12-11-23-29-19-3-1-2-4-20(19)30(23)14-24(31)28-18-9-10-21-22(13-18)34-15-33-21/h1-10,13H,11-12,14-15H2,(H,27,32)(H,28,31). The van der Waals surface area contributed by atoms with Gasteiger partial charge in [-0.05, 0) is 48.5 Å². The number of nitrogens with one attached hydrogen (secondary N) is 2. The molecule has 3 aromatic carbocycles. The molecule has 0 fully saturated rings. The number of para-hydroxylation sites is 2. The lowest BCUT2D eigenvalue weighted by molar-refractivity contribution is -0.116. The fourth-order valence-corrected chi connectivity index (χ4v) is 3.93. The third-order valence-electron chi connectivity index (χ3n) is 5.43. The average Bonchev–Trinajstić information content (AvgIpc) is 3.44. The topological polar surface area (TPSA) is 94.5 Å². The van der Waals surface area contributed by atoms with Crippen LogP contribution < -0.4 is 20.1 Å². The first kappa shape index (κ1) is 21.8. The highest BCUT2D eigenvalue weighted by Crippen LogP contribution is 2.34. The Morgan fingerprint density at radius 2 is 1.79 bits per heavy atom. The Balaban J connectivity index is 1.28. The third kappa shape index (κ3) is 4.67. The predicted octanol–water partition coefficient (Wildman–Crippen LogP) is 4.03. The lowest BCUT2D eigenvalue weighted by Gasteiger charge is -2.11. The maximum Gasteiger partial charge on any atom is 0.251 e. The molecule has 0 spiro atoms. The molecular formula is C25H21ClN4O4. The van der Waals surface area contributed by atoms with Crippen LogP contribution in [-0.4, -0.2) is 34.7 Å². The maximum atomic E-state index is 12.9. The van der Waals surface area contributed by atoms with Gasteiger partial charge >= 0.3 is 0 Å². The summed E-state index contributed by atoms with van der Waals surface area (Å²) in [7, 11) is 0. The molecule has 0 saturated heterocycles. The Hall–Kier alpha value is -4.04. The lowest BCUT2D eigenvalue weighted by Crippen LogP contribution is -2.27. The minimum absolute atomic E-state index is 0.0788. The van der Waals surface area contributed by atoms with Gasteiger partial charge in [-0.2, -0.15) is 0 Å². The third-order valence-corrected chi connectivity index (χ3v) is 5.68. The van der Waals surface area contributed by atoms with Crippen LogP contribution in [0.4, 0.5) is 5.69 Å². The Morgan fingerprint density at radius 1 is 1.00 bits per heavy atom. The molecule has 5 rings (SSSR count). The number of aromatic nitrogens is 2. The number of benzene rings is 3. The first-order valence-electron chi connectivity index (χ1n) is 10.7. The summed E-state index contributed by atoms with van der Waals surface area (Å²) in [6, 6.07) is 19.6. The van der Waals surface area contributed by atoms with E-state index in [4.69, 9.17) is 21.1 Å². The summed E-state index contributed by atoms with van der Waals surface area (Å²) in [6.07, 6.45) is 0.464. The van der Waals surface area contributed by atoms with E-state index in [1.54, 1.807) is 42.5 Å². The number of amides is 2. The smallest absolute Gasteiger partial charge is 0.251 e. The van der Waals surface area contributed by atoms with Gasteiger partial charge in [0.25, 0.3) is 5.91 Å². The number of hydrogen-bond acceptors (Lipinski definition) is 5. The monoisotopic (exact) mass is 476 g/mol. The zero-order valence-corrected chi connectivity index (χ0v) is 18.8. The number of carbonyl (C=O) groups is 2. The summed E-state index contributed by atoms with van der Waals surface area (Å²) in [6.45, 7) is 0.621. The van der Waals surface area contributed by atoms with E-state index in [-0.39, 0.29) is 25.2 Å². The van der Waals surface area contributed by atoms with Crippen molar-refractivity contribution in [3.8, 4) is 11.5 Å². The molecular weight excluding hydrogens is 456 g/mol. The van der Waals surface area contributed by atoms with E-state index >= 15 is 0 Å². The van der Waals surface area contributed by atoms with Crippen LogP contribution in [0, 0.1) is 0 Å². The first-order chi connectivity index (χ1) is 16.6. The van der Waals surface area contributed by atoms with Crippen molar-refractivity contribution >= 4 is 40.1 Å². The highest BCUT2D eigenvalue weighted by atomic mass is 35.5. The van der Waals surface area contributed by atoms with Gasteiger partial charge in [-0.25, -0.2) is 4.98 Å². The van der Waals surface area contributed by atoms with Crippen LogP contribution in [0.5, 0.6) is 11.5 Å².